The fourth-order valence-corrected chi connectivity index (χ4v) is 3.13. The molecule has 82 valence electrons. The number of hydrogen-bond donors (Lipinski definition) is 1. The lowest BCUT2D eigenvalue weighted by molar-refractivity contribution is -0.120. The molecule has 1 aliphatic heterocycles. The van der Waals surface area contributed by atoms with E-state index in [1.807, 2.05) is 0 Å². The summed E-state index contributed by atoms with van der Waals surface area (Å²) in [5.41, 5.74) is 0. The molecule has 1 fully saturated rings. The van der Waals surface area contributed by atoms with Gasteiger partial charge < -0.3 is 5.32 Å². The molecule has 3 nitrogen and oxygen atoms in total. The van der Waals surface area contributed by atoms with Crippen molar-refractivity contribution in [1.29, 1.82) is 0 Å². The fourth-order valence-electron chi connectivity index (χ4n) is 1.61. The highest BCUT2D eigenvalue weighted by Crippen LogP contribution is 2.24. The summed E-state index contributed by atoms with van der Waals surface area (Å²) >= 11 is 5.28. The van der Waals surface area contributed by atoms with Crippen LogP contribution < -0.4 is 5.32 Å². The third-order valence-corrected chi connectivity index (χ3v) is 4.37. The number of nitrogens with one attached hydrogen (secondary N) is 1. The largest absolute Gasteiger partial charge is 0.355 e. The number of thiophene rings is 1. The number of carbonyl (C=O) groups excluding carboxylic acids is 1. The van der Waals surface area contributed by atoms with Gasteiger partial charge in [-0.2, -0.15) is 0 Å². The summed E-state index contributed by atoms with van der Waals surface area (Å²) in [6, 6.07) is 2.07. The molecule has 0 bridgehead atoms. The van der Waals surface area contributed by atoms with Gasteiger partial charge in [-0.25, -0.2) is 0 Å². The van der Waals surface area contributed by atoms with E-state index in [1.165, 1.54) is 9.35 Å². The lowest BCUT2D eigenvalue weighted by atomic mass is 10.3. The molecule has 5 heteroatoms. The van der Waals surface area contributed by atoms with Crippen LogP contribution in [0.5, 0.6) is 0 Å². The fraction of sp³-hybridized carbons (Fsp3) is 0.500. The maximum atomic E-state index is 11.2. The number of nitrogens with zero attached hydrogens (tertiary/aromatic N) is 1. The normalized spacial score (nSPS) is 18.6. The van der Waals surface area contributed by atoms with Crippen molar-refractivity contribution in [2.45, 2.75) is 13.0 Å². The van der Waals surface area contributed by atoms with Crippen LogP contribution in [-0.2, 0) is 11.3 Å². The van der Waals surface area contributed by atoms with Crippen LogP contribution >= 0.6 is 27.3 Å². The van der Waals surface area contributed by atoms with Gasteiger partial charge in [0.2, 0.25) is 5.91 Å². The summed E-state index contributed by atoms with van der Waals surface area (Å²) in [7, 11) is 0. The monoisotopic (exact) mass is 288 g/mol. The van der Waals surface area contributed by atoms with Gasteiger partial charge in [0.15, 0.2) is 0 Å². The third kappa shape index (κ3) is 3.03. The van der Waals surface area contributed by atoms with E-state index < -0.39 is 0 Å². The molecule has 2 rings (SSSR count). The second-order valence-corrected chi connectivity index (χ2v) is 5.42. The summed E-state index contributed by atoms with van der Waals surface area (Å²) in [5, 5.41) is 4.96. The van der Waals surface area contributed by atoms with Crippen molar-refractivity contribution in [1.82, 2.24) is 10.2 Å². The minimum atomic E-state index is 0.169. The average molecular weight is 289 g/mol. The predicted octanol–water partition coefficient (Wildman–Crippen LogP) is 1.83. The Balaban J connectivity index is 1.94. The molecule has 0 aliphatic carbocycles. The average Bonchev–Trinajstić information content (AvgIpc) is 2.48. The highest BCUT2D eigenvalue weighted by molar-refractivity contribution is 9.10. The van der Waals surface area contributed by atoms with Crippen LogP contribution in [0.3, 0.4) is 0 Å². The summed E-state index contributed by atoms with van der Waals surface area (Å²) in [5.74, 6) is 0.169. The van der Waals surface area contributed by atoms with Crippen molar-refractivity contribution >= 4 is 33.2 Å². The van der Waals surface area contributed by atoms with E-state index in [1.54, 1.807) is 11.3 Å². The molecule has 0 aromatic carbocycles. The third-order valence-electron chi connectivity index (χ3n) is 2.46. The molecule has 1 N–H and O–H groups in total. The van der Waals surface area contributed by atoms with Gasteiger partial charge >= 0.3 is 0 Å². The molecule has 1 aliphatic rings. The van der Waals surface area contributed by atoms with E-state index in [-0.39, 0.29) is 5.91 Å². The van der Waals surface area contributed by atoms with Crippen molar-refractivity contribution in [2.75, 3.05) is 19.6 Å². The lowest BCUT2D eigenvalue weighted by Gasteiger charge is -2.17. The van der Waals surface area contributed by atoms with Crippen LogP contribution in [0.1, 0.15) is 11.3 Å². The summed E-state index contributed by atoms with van der Waals surface area (Å²) < 4.78 is 1.18. The predicted molar refractivity (Wildman–Crippen MR) is 64.9 cm³/mol. The molecule has 1 amide bonds. The Kier molecular flexibility index (Phi) is 3.77. The van der Waals surface area contributed by atoms with Crippen LogP contribution in [0.15, 0.2) is 15.9 Å². The van der Waals surface area contributed by atoms with Crippen LogP contribution in [0, 0.1) is 0 Å². The Labute approximate surface area is 102 Å². The zero-order chi connectivity index (χ0) is 10.7. The number of hydrogen-bond acceptors (Lipinski definition) is 3. The number of amides is 1. The van der Waals surface area contributed by atoms with Crippen LogP contribution in [0.25, 0.3) is 0 Å². The van der Waals surface area contributed by atoms with E-state index >= 15 is 0 Å². The zero-order valence-electron chi connectivity index (χ0n) is 8.33. The Morgan fingerprint density at radius 3 is 3.13 bits per heavy atom. The van der Waals surface area contributed by atoms with E-state index in [9.17, 15) is 4.79 Å². The Bertz CT molecular complexity index is 353. The van der Waals surface area contributed by atoms with E-state index in [0.717, 1.165) is 26.2 Å². The standard InChI is InChI=1S/C10H13BrN2OS/c11-8-2-6-15-9(8)7-13-4-1-10(14)12-3-5-13/h2,6H,1,3-5,7H2,(H,12,14). The first-order valence-electron chi connectivity index (χ1n) is 4.96. The molecule has 0 unspecified atom stereocenters. The van der Waals surface area contributed by atoms with Gasteiger partial charge in [0, 0.05) is 41.9 Å². The van der Waals surface area contributed by atoms with Crippen molar-refractivity contribution in [3.8, 4) is 0 Å². The summed E-state index contributed by atoms with van der Waals surface area (Å²) in [6.07, 6.45) is 0.614. The van der Waals surface area contributed by atoms with E-state index in [2.05, 4.69) is 37.6 Å². The summed E-state index contributed by atoms with van der Waals surface area (Å²) in [6.45, 7) is 3.50. The van der Waals surface area contributed by atoms with Crippen LogP contribution in [0.2, 0.25) is 0 Å². The molecule has 0 saturated carbocycles. The Hall–Kier alpha value is -0.390. The van der Waals surface area contributed by atoms with Gasteiger partial charge in [-0.05, 0) is 27.4 Å². The molecule has 0 radical (unpaired) electrons. The van der Waals surface area contributed by atoms with Gasteiger partial charge in [-0.1, -0.05) is 0 Å². The topological polar surface area (TPSA) is 32.3 Å². The van der Waals surface area contributed by atoms with Gasteiger partial charge in [0.05, 0.1) is 0 Å². The molecule has 0 atom stereocenters. The van der Waals surface area contributed by atoms with Crippen molar-refractivity contribution in [2.24, 2.45) is 0 Å². The molecule has 1 aromatic rings. The molecule has 0 spiro atoms. The van der Waals surface area contributed by atoms with Crippen LogP contribution in [0.4, 0.5) is 0 Å². The van der Waals surface area contributed by atoms with Crippen LogP contribution in [-0.4, -0.2) is 30.4 Å². The minimum Gasteiger partial charge on any atom is -0.355 e. The second kappa shape index (κ2) is 5.09. The highest BCUT2D eigenvalue weighted by Gasteiger charge is 2.14. The minimum absolute atomic E-state index is 0.169. The number of rotatable bonds is 2. The van der Waals surface area contributed by atoms with Crippen molar-refractivity contribution in [3.05, 3.63) is 20.8 Å². The highest BCUT2D eigenvalue weighted by atomic mass is 79.9. The van der Waals surface area contributed by atoms with E-state index in [0.29, 0.717) is 6.42 Å². The Morgan fingerprint density at radius 2 is 2.40 bits per heavy atom. The molecule has 15 heavy (non-hydrogen) atoms. The smallest absolute Gasteiger partial charge is 0.221 e. The first-order valence-corrected chi connectivity index (χ1v) is 6.64. The van der Waals surface area contributed by atoms with E-state index in [4.69, 9.17) is 0 Å². The van der Waals surface area contributed by atoms with Crippen molar-refractivity contribution < 1.29 is 4.79 Å². The van der Waals surface area contributed by atoms with Gasteiger partial charge in [-0.3, -0.25) is 9.69 Å². The number of halogens is 1. The summed E-state index contributed by atoms with van der Waals surface area (Å²) in [4.78, 5) is 14.8. The first kappa shape index (κ1) is 11.1. The molecular weight excluding hydrogens is 276 g/mol. The van der Waals surface area contributed by atoms with Gasteiger partial charge in [-0.15, -0.1) is 11.3 Å². The molecule has 2 heterocycles. The molecular formula is C10H13BrN2OS. The maximum absolute atomic E-state index is 11.2. The lowest BCUT2D eigenvalue weighted by Crippen LogP contribution is -2.28. The number of carbonyl (C=O) groups is 1. The zero-order valence-corrected chi connectivity index (χ0v) is 10.7. The van der Waals surface area contributed by atoms with Gasteiger partial charge in [0.25, 0.3) is 0 Å². The SMILES string of the molecule is O=C1CCN(Cc2sccc2Br)CCN1. The quantitative estimate of drug-likeness (QED) is 0.901. The second-order valence-electron chi connectivity index (χ2n) is 3.57. The molecule has 1 saturated heterocycles. The first-order chi connectivity index (χ1) is 7.25. The van der Waals surface area contributed by atoms with Crippen molar-refractivity contribution in [3.63, 3.8) is 0 Å². The maximum Gasteiger partial charge on any atom is 0.221 e. The molecule has 1 aromatic heterocycles. The Morgan fingerprint density at radius 1 is 1.53 bits per heavy atom. The van der Waals surface area contributed by atoms with Gasteiger partial charge in [0.1, 0.15) is 0 Å².